The van der Waals surface area contributed by atoms with E-state index in [0.717, 1.165) is 18.7 Å². The van der Waals surface area contributed by atoms with Gasteiger partial charge in [0.15, 0.2) is 0 Å². The number of hydrogen-bond donors (Lipinski definition) is 2. The van der Waals surface area contributed by atoms with Gasteiger partial charge in [0.2, 0.25) is 0 Å². The van der Waals surface area contributed by atoms with E-state index in [4.69, 9.17) is 10.4 Å². The van der Waals surface area contributed by atoms with E-state index in [1.54, 1.807) is 6.07 Å². The Labute approximate surface area is 70.5 Å². The van der Waals surface area contributed by atoms with Crippen LogP contribution in [0, 0.1) is 11.3 Å². The van der Waals surface area contributed by atoms with E-state index in [1.165, 1.54) is 0 Å². The van der Waals surface area contributed by atoms with Crippen molar-refractivity contribution in [2.24, 2.45) is 0 Å². The zero-order valence-electron chi connectivity index (χ0n) is 6.63. The molecule has 0 amide bonds. The molecular weight excluding hydrogens is 156 g/mol. The van der Waals surface area contributed by atoms with Gasteiger partial charge in [-0.1, -0.05) is 0 Å². The van der Waals surface area contributed by atoms with Crippen LogP contribution in [0.25, 0.3) is 0 Å². The second-order valence-corrected chi connectivity index (χ2v) is 2.65. The lowest BCUT2D eigenvalue weighted by Crippen LogP contribution is -2.24. The Kier molecular flexibility index (Phi) is 2.83. The SMILES string of the molecule is N#CC(C(=O)O)=C1CCNCC1. The van der Waals surface area contributed by atoms with Crippen molar-refractivity contribution < 1.29 is 9.90 Å². The fourth-order valence-corrected chi connectivity index (χ4v) is 1.26. The molecule has 1 saturated heterocycles. The van der Waals surface area contributed by atoms with Gasteiger partial charge < -0.3 is 10.4 Å². The van der Waals surface area contributed by atoms with E-state index in [9.17, 15) is 4.79 Å². The van der Waals surface area contributed by atoms with E-state index >= 15 is 0 Å². The third-order valence-corrected chi connectivity index (χ3v) is 1.89. The van der Waals surface area contributed by atoms with Gasteiger partial charge in [0, 0.05) is 0 Å². The smallest absolute Gasteiger partial charge is 0.346 e. The number of nitrogens with one attached hydrogen (secondary N) is 1. The van der Waals surface area contributed by atoms with Crippen LogP contribution < -0.4 is 5.32 Å². The molecule has 1 aliphatic rings. The highest BCUT2D eigenvalue weighted by atomic mass is 16.4. The summed E-state index contributed by atoms with van der Waals surface area (Å²) in [6, 6.07) is 1.72. The van der Waals surface area contributed by atoms with Crippen LogP contribution in [0.4, 0.5) is 0 Å². The van der Waals surface area contributed by atoms with Crippen LogP contribution in [-0.4, -0.2) is 24.2 Å². The van der Waals surface area contributed by atoms with Crippen LogP contribution in [0.15, 0.2) is 11.1 Å². The number of rotatable bonds is 1. The first-order valence-electron chi connectivity index (χ1n) is 3.82. The number of carboxylic acid groups (broad SMARTS) is 1. The first-order valence-corrected chi connectivity index (χ1v) is 3.82. The van der Waals surface area contributed by atoms with Gasteiger partial charge in [-0.15, -0.1) is 0 Å². The zero-order chi connectivity index (χ0) is 8.97. The van der Waals surface area contributed by atoms with E-state index < -0.39 is 5.97 Å². The average molecular weight is 166 g/mol. The van der Waals surface area contributed by atoms with Crippen molar-refractivity contribution in [1.82, 2.24) is 5.32 Å². The van der Waals surface area contributed by atoms with Crippen molar-refractivity contribution in [2.75, 3.05) is 13.1 Å². The van der Waals surface area contributed by atoms with Crippen LogP contribution in [-0.2, 0) is 4.79 Å². The molecule has 64 valence electrons. The Balaban J connectivity index is 2.84. The fraction of sp³-hybridized carbons (Fsp3) is 0.500. The predicted molar refractivity (Wildman–Crippen MR) is 42.4 cm³/mol. The minimum absolute atomic E-state index is 0.0727. The number of aliphatic carboxylic acids is 1. The molecule has 0 aromatic rings. The van der Waals surface area contributed by atoms with Crippen molar-refractivity contribution >= 4 is 5.97 Å². The molecule has 0 atom stereocenters. The second-order valence-electron chi connectivity index (χ2n) is 2.65. The highest BCUT2D eigenvalue weighted by Gasteiger charge is 2.15. The molecule has 4 nitrogen and oxygen atoms in total. The number of carbonyl (C=O) groups is 1. The molecule has 0 spiro atoms. The molecule has 0 aromatic carbocycles. The lowest BCUT2D eigenvalue weighted by molar-refractivity contribution is -0.132. The van der Waals surface area contributed by atoms with E-state index in [-0.39, 0.29) is 5.57 Å². The largest absolute Gasteiger partial charge is 0.477 e. The van der Waals surface area contributed by atoms with Crippen LogP contribution in [0.1, 0.15) is 12.8 Å². The summed E-state index contributed by atoms with van der Waals surface area (Å²) < 4.78 is 0. The Morgan fingerprint density at radius 2 is 2.08 bits per heavy atom. The number of nitrogens with zero attached hydrogens (tertiary/aromatic N) is 1. The molecule has 0 unspecified atom stereocenters. The molecule has 1 heterocycles. The normalized spacial score (nSPS) is 16.8. The van der Waals surface area contributed by atoms with E-state index in [1.807, 2.05) is 0 Å². The molecule has 1 fully saturated rings. The summed E-state index contributed by atoms with van der Waals surface area (Å²) in [6.07, 6.45) is 1.35. The maximum absolute atomic E-state index is 10.5. The zero-order valence-corrected chi connectivity index (χ0v) is 6.63. The van der Waals surface area contributed by atoms with Gasteiger partial charge in [0.05, 0.1) is 0 Å². The Hall–Kier alpha value is -1.34. The van der Waals surface area contributed by atoms with Crippen LogP contribution in [0.3, 0.4) is 0 Å². The van der Waals surface area contributed by atoms with Gasteiger partial charge >= 0.3 is 5.97 Å². The van der Waals surface area contributed by atoms with Gasteiger partial charge in [0.1, 0.15) is 11.6 Å². The van der Waals surface area contributed by atoms with Gasteiger partial charge in [-0.3, -0.25) is 0 Å². The van der Waals surface area contributed by atoms with Gasteiger partial charge in [0.25, 0.3) is 0 Å². The molecule has 12 heavy (non-hydrogen) atoms. The summed E-state index contributed by atoms with van der Waals surface area (Å²) in [5.41, 5.74) is 0.695. The highest BCUT2D eigenvalue weighted by Crippen LogP contribution is 2.15. The molecule has 1 rings (SSSR count). The van der Waals surface area contributed by atoms with E-state index in [0.29, 0.717) is 12.8 Å². The van der Waals surface area contributed by atoms with Crippen molar-refractivity contribution in [3.63, 3.8) is 0 Å². The van der Waals surface area contributed by atoms with Crippen molar-refractivity contribution in [2.45, 2.75) is 12.8 Å². The maximum Gasteiger partial charge on any atom is 0.346 e. The summed E-state index contributed by atoms with van der Waals surface area (Å²) in [5.74, 6) is -1.10. The lowest BCUT2D eigenvalue weighted by atomic mass is 10.00. The Morgan fingerprint density at radius 1 is 1.50 bits per heavy atom. The Morgan fingerprint density at radius 3 is 2.50 bits per heavy atom. The molecule has 4 heteroatoms. The summed E-state index contributed by atoms with van der Waals surface area (Å²) in [6.45, 7) is 1.54. The Bertz CT molecular complexity index is 255. The molecule has 0 radical (unpaired) electrons. The minimum atomic E-state index is -1.10. The summed E-state index contributed by atoms with van der Waals surface area (Å²) >= 11 is 0. The molecule has 1 aliphatic heterocycles. The first kappa shape index (κ1) is 8.75. The predicted octanol–water partition coefficient (Wildman–Crippen LogP) is 0.275. The summed E-state index contributed by atoms with van der Waals surface area (Å²) in [7, 11) is 0. The topological polar surface area (TPSA) is 73.1 Å². The van der Waals surface area contributed by atoms with Crippen LogP contribution in [0.5, 0.6) is 0 Å². The van der Waals surface area contributed by atoms with Crippen molar-refractivity contribution in [1.29, 1.82) is 5.26 Å². The number of piperidine rings is 1. The first-order chi connectivity index (χ1) is 5.75. The van der Waals surface area contributed by atoms with Crippen molar-refractivity contribution in [3.8, 4) is 6.07 Å². The molecule has 0 bridgehead atoms. The third-order valence-electron chi connectivity index (χ3n) is 1.89. The summed E-state index contributed by atoms with van der Waals surface area (Å²) in [5, 5.41) is 20.3. The van der Waals surface area contributed by atoms with E-state index in [2.05, 4.69) is 5.32 Å². The standard InChI is InChI=1S/C8H10N2O2/c9-5-7(8(11)12)6-1-3-10-4-2-6/h10H,1-4H2,(H,11,12). The maximum atomic E-state index is 10.5. The lowest BCUT2D eigenvalue weighted by Gasteiger charge is -2.15. The summed E-state index contributed by atoms with van der Waals surface area (Å²) in [4.78, 5) is 10.5. The second kappa shape index (κ2) is 3.88. The van der Waals surface area contributed by atoms with Gasteiger partial charge in [-0.25, -0.2) is 4.79 Å². The molecule has 0 saturated carbocycles. The number of nitriles is 1. The fourth-order valence-electron chi connectivity index (χ4n) is 1.26. The van der Waals surface area contributed by atoms with Gasteiger partial charge in [-0.05, 0) is 31.5 Å². The van der Waals surface area contributed by atoms with Crippen molar-refractivity contribution in [3.05, 3.63) is 11.1 Å². The third kappa shape index (κ3) is 1.83. The molecular formula is C8H10N2O2. The average Bonchev–Trinajstić information content (AvgIpc) is 2.07. The monoisotopic (exact) mass is 166 g/mol. The quantitative estimate of drug-likeness (QED) is 0.433. The van der Waals surface area contributed by atoms with Crippen LogP contribution in [0.2, 0.25) is 0 Å². The molecule has 2 N–H and O–H groups in total. The number of hydrogen-bond acceptors (Lipinski definition) is 3. The minimum Gasteiger partial charge on any atom is -0.477 e. The molecule has 0 aliphatic carbocycles. The number of carboxylic acids is 1. The molecule has 0 aromatic heterocycles. The van der Waals surface area contributed by atoms with Gasteiger partial charge in [-0.2, -0.15) is 5.26 Å². The highest BCUT2D eigenvalue weighted by molar-refractivity contribution is 5.92. The van der Waals surface area contributed by atoms with Crippen LogP contribution >= 0.6 is 0 Å².